The van der Waals surface area contributed by atoms with Crippen molar-refractivity contribution in [2.24, 2.45) is 20.0 Å². The maximum atomic E-state index is 4.50. The Labute approximate surface area is 123 Å². The number of tetrazole rings is 1. The van der Waals surface area contributed by atoms with Crippen molar-refractivity contribution in [3.05, 3.63) is 11.3 Å². The Hall–Kier alpha value is -1.41. The number of hydrogen-bond donors (Lipinski definition) is 1. The van der Waals surface area contributed by atoms with E-state index in [0.29, 0.717) is 5.92 Å². The van der Waals surface area contributed by atoms with Crippen LogP contribution in [0.15, 0.2) is 10.2 Å². The average molecular weight is 295 g/mol. The van der Waals surface area contributed by atoms with Gasteiger partial charge in [0, 0.05) is 26.2 Å². The van der Waals surface area contributed by atoms with E-state index in [1.165, 1.54) is 5.56 Å². The van der Waals surface area contributed by atoms with Crippen LogP contribution in [0.5, 0.6) is 0 Å². The van der Waals surface area contributed by atoms with Crippen LogP contribution in [-0.4, -0.2) is 36.5 Å². The molecule has 0 fully saturated rings. The predicted octanol–water partition coefficient (Wildman–Crippen LogP) is 1.15. The lowest BCUT2D eigenvalue weighted by atomic mass is 10.2. The van der Waals surface area contributed by atoms with Crippen LogP contribution in [0, 0.1) is 12.8 Å². The van der Waals surface area contributed by atoms with Crippen molar-refractivity contribution in [1.29, 1.82) is 0 Å². The van der Waals surface area contributed by atoms with E-state index in [1.807, 2.05) is 25.7 Å². The second-order valence-electron chi connectivity index (χ2n) is 5.20. The van der Waals surface area contributed by atoms with Gasteiger partial charge in [0.05, 0.1) is 5.69 Å². The molecule has 8 heteroatoms. The molecule has 0 bridgehead atoms. The third-order valence-corrected chi connectivity index (χ3v) is 4.14. The van der Waals surface area contributed by atoms with Gasteiger partial charge in [-0.25, -0.2) is 4.68 Å². The molecule has 20 heavy (non-hydrogen) atoms. The van der Waals surface area contributed by atoms with Crippen molar-refractivity contribution >= 4 is 11.8 Å². The van der Waals surface area contributed by atoms with Crippen molar-refractivity contribution < 1.29 is 0 Å². The molecule has 0 atom stereocenters. The van der Waals surface area contributed by atoms with Gasteiger partial charge in [0.2, 0.25) is 5.16 Å². The number of nitrogens with zero attached hydrogens (tertiary/aromatic N) is 6. The molecule has 110 valence electrons. The Morgan fingerprint density at radius 1 is 1.25 bits per heavy atom. The van der Waals surface area contributed by atoms with Gasteiger partial charge in [-0.2, -0.15) is 5.10 Å². The third kappa shape index (κ3) is 3.37. The zero-order valence-corrected chi connectivity index (χ0v) is 13.4. The van der Waals surface area contributed by atoms with Crippen LogP contribution in [-0.2, 0) is 20.6 Å². The number of aromatic nitrogens is 6. The smallest absolute Gasteiger partial charge is 0.215 e. The molecule has 0 aliphatic carbocycles. The van der Waals surface area contributed by atoms with E-state index < -0.39 is 0 Å². The summed E-state index contributed by atoms with van der Waals surface area (Å²) in [6.45, 7) is 8.23. The van der Waals surface area contributed by atoms with E-state index in [1.54, 1.807) is 16.4 Å². The molecular weight excluding hydrogens is 274 g/mol. The molecule has 2 rings (SSSR count). The lowest BCUT2D eigenvalue weighted by molar-refractivity contribution is 0.547. The van der Waals surface area contributed by atoms with Gasteiger partial charge < -0.3 is 5.32 Å². The van der Waals surface area contributed by atoms with Gasteiger partial charge in [-0.05, 0) is 41.6 Å². The van der Waals surface area contributed by atoms with E-state index in [2.05, 4.69) is 39.8 Å². The van der Waals surface area contributed by atoms with Gasteiger partial charge in [-0.1, -0.05) is 13.8 Å². The number of nitrogens with one attached hydrogen (secondary N) is 1. The van der Waals surface area contributed by atoms with Crippen LogP contribution in [0.25, 0.3) is 0 Å². The minimum atomic E-state index is 0.631. The summed E-state index contributed by atoms with van der Waals surface area (Å²) in [6, 6.07) is 0. The number of rotatable bonds is 6. The van der Waals surface area contributed by atoms with E-state index in [9.17, 15) is 0 Å². The normalized spacial score (nSPS) is 11.5. The minimum Gasteiger partial charge on any atom is -0.312 e. The molecule has 1 N–H and O–H groups in total. The van der Waals surface area contributed by atoms with Crippen LogP contribution in [0.1, 0.15) is 25.1 Å². The molecule has 2 heterocycles. The molecule has 0 spiro atoms. The molecule has 0 radical (unpaired) electrons. The van der Waals surface area contributed by atoms with Crippen molar-refractivity contribution in [2.45, 2.75) is 37.5 Å². The second-order valence-corrected chi connectivity index (χ2v) is 6.16. The lowest BCUT2D eigenvalue weighted by Gasteiger charge is -2.09. The Bertz CT molecular complexity index is 572. The summed E-state index contributed by atoms with van der Waals surface area (Å²) in [5, 5.41) is 21.3. The molecule has 0 saturated carbocycles. The van der Waals surface area contributed by atoms with Crippen molar-refractivity contribution in [1.82, 2.24) is 35.3 Å². The quantitative estimate of drug-likeness (QED) is 0.862. The molecule has 2 aromatic rings. The van der Waals surface area contributed by atoms with Crippen molar-refractivity contribution in [2.75, 3.05) is 6.54 Å². The SMILES string of the molecule is Cc1nn(C)c(Sc2nnnn2C)c1CNCC(C)C. The largest absolute Gasteiger partial charge is 0.312 e. The topological polar surface area (TPSA) is 73.5 Å². The van der Waals surface area contributed by atoms with E-state index in [-0.39, 0.29) is 0 Å². The van der Waals surface area contributed by atoms with Gasteiger partial charge in [-0.15, -0.1) is 5.10 Å². The molecule has 0 aromatic carbocycles. The van der Waals surface area contributed by atoms with E-state index in [0.717, 1.165) is 29.0 Å². The lowest BCUT2D eigenvalue weighted by Crippen LogP contribution is -2.19. The van der Waals surface area contributed by atoms with Crippen LogP contribution in [0.3, 0.4) is 0 Å². The summed E-state index contributed by atoms with van der Waals surface area (Å²) >= 11 is 1.54. The van der Waals surface area contributed by atoms with Gasteiger partial charge in [0.15, 0.2) is 0 Å². The first-order valence-electron chi connectivity index (χ1n) is 6.62. The summed E-state index contributed by atoms with van der Waals surface area (Å²) in [5.74, 6) is 0.631. The monoisotopic (exact) mass is 295 g/mol. The van der Waals surface area contributed by atoms with Crippen LogP contribution in [0.2, 0.25) is 0 Å². The van der Waals surface area contributed by atoms with Crippen LogP contribution < -0.4 is 5.32 Å². The van der Waals surface area contributed by atoms with Gasteiger partial charge in [-0.3, -0.25) is 4.68 Å². The fourth-order valence-electron chi connectivity index (χ4n) is 1.89. The average Bonchev–Trinajstić information content (AvgIpc) is 2.87. The number of aryl methyl sites for hydroxylation is 3. The third-order valence-electron chi connectivity index (χ3n) is 2.91. The second kappa shape index (κ2) is 6.36. The van der Waals surface area contributed by atoms with Gasteiger partial charge in [0.1, 0.15) is 5.03 Å². The maximum Gasteiger partial charge on any atom is 0.215 e. The molecule has 0 saturated heterocycles. The van der Waals surface area contributed by atoms with Gasteiger partial charge in [0.25, 0.3) is 0 Å². The van der Waals surface area contributed by atoms with Crippen LogP contribution in [0.4, 0.5) is 0 Å². The summed E-state index contributed by atoms with van der Waals surface area (Å²) < 4.78 is 3.55. The highest BCUT2D eigenvalue weighted by molar-refractivity contribution is 7.99. The molecule has 0 amide bonds. The standard InChI is InChI=1S/C12H21N7S/c1-8(2)6-13-7-10-9(3)15-18(4)11(10)20-12-14-16-17-19(12)5/h8,13H,6-7H2,1-5H3. The van der Waals surface area contributed by atoms with E-state index in [4.69, 9.17) is 0 Å². The first-order valence-corrected chi connectivity index (χ1v) is 7.44. The molecule has 0 aliphatic rings. The highest BCUT2D eigenvalue weighted by Crippen LogP contribution is 2.29. The zero-order chi connectivity index (χ0) is 14.7. The Morgan fingerprint density at radius 3 is 2.60 bits per heavy atom. The minimum absolute atomic E-state index is 0.631. The molecule has 0 aliphatic heterocycles. The predicted molar refractivity (Wildman–Crippen MR) is 77.4 cm³/mol. The molecule has 2 aromatic heterocycles. The van der Waals surface area contributed by atoms with Gasteiger partial charge >= 0.3 is 0 Å². The molecule has 7 nitrogen and oxygen atoms in total. The Kier molecular flexibility index (Phi) is 4.77. The fraction of sp³-hybridized carbons (Fsp3) is 0.667. The first-order chi connectivity index (χ1) is 9.49. The summed E-state index contributed by atoms with van der Waals surface area (Å²) in [6.07, 6.45) is 0. The Balaban J connectivity index is 2.17. The zero-order valence-electron chi connectivity index (χ0n) is 12.6. The van der Waals surface area contributed by atoms with Crippen LogP contribution >= 0.6 is 11.8 Å². The fourth-order valence-corrected chi connectivity index (χ4v) is 2.83. The summed E-state index contributed by atoms with van der Waals surface area (Å²) in [7, 11) is 3.79. The highest BCUT2D eigenvalue weighted by Gasteiger charge is 2.17. The van der Waals surface area contributed by atoms with Crippen molar-refractivity contribution in [3.8, 4) is 0 Å². The Morgan fingerprint density at radius 2 is 2.00 bits per heavy atom. The van der Waals surface area contributed by atoms with Crippen molar-refractivity contribution in [3.63, 3.8) is 0 Å². The van der Waals surface area contributed by atoms with E-state index >= 15 is 0 Å². The highest BCUT2D eigenvalue weighted by atomic mass is 32.2. The molecule has 0 unspecified atom stereocenters. The summed E-state index contributed by atoms with van der Waals surface area (Å²) in [5.41, 5.74) is 2.25. The first kappa shape index (κ1) is 15.0. The number of hydrogen-bond acceptors (Lipinski definition) is 6. The molecular formula is C12H21N7S. The maximum absolute atomic E-state index is 4.50. The summed E-state index contributed by atoms with van der Waals surface area (Å²) in [4.78, 5) is 0.